The van der Waals surface area contributed by atoms with Gasteiger partial charge in [-0.1, -0.05) is 42.6 Å². The third-order valence-electron chi connectivity index (χ3n) is 4.28. The fraction of sp³-hybridized carbons (Fsp3) is 0.350. The Hall–Kier alpha value is -1.76. The third-order valence-corrected chi connectivity index (χ3v) is 6.13. The van der Waals surface area contributed by atoms with Crippen molar-refractivity contribution in [2.75, 3.05) is 10.6 Å². The topological polar surface area (TPSA) is 66.5 Å². The first-order valence-electron chi connectivity index (χ1n) is 8.95. The molecule has 5 nitrogen and oxygen atoms in total. The Labute approximate surface area is 176 Å². The van der Waals surface area contributed by atoms with Gasteiger partial charge in [0.05, 0.1) is 18.5 Å². The summed E-state index contributed by atoms with van der Waals surface area (Å²) in [6, 6.07) is 11.5. The Kier molecular flexibility index (Phi) is 7.75. The third kappa shape index (κ3) is 5.87. The lowest BCUT2D eigenvalue weighted by Crippen LogP contribution is -2.32. The molecular formula is C20H24Cl2N2O3S. The number of carbonyl (C=O) groups is 1. The van der Waals surface area contributed by atoms with Crippen LogP contribution in [0.2, 0.25) is 10.0 Å². The van der Waals surface area contributed by atoms with Gasteiger partial charge in [0, 0.05) is 27.2 Å². The van der Waals surface area contributed by atoms with Crippen LogP contribution >= 0.6 is 23.2 Å². The Bertz CT molecular complexity index is 911. The second kappa shape index (κ2) is 9.63. The Morgan fingerprint density at radius 2 is 1.68 bits per heavy atom. The van der Waals surface area contributed by atoms with E-state index in [1.165, 1.54) is 4.31 Å². The van der Waals surface area contributed by atoms with E-state index in [0.29, 0.717) is 26.9 Å². The van der Waals surface area contributed by atoms with Crippen LogP contribution in [-0.4, -0.2) is 26.6 Å². The molecular weight excluding hydrogens is 419 g/mol. The minimum Gasteiger partial charge on any atom is -0.350 e. The smallest absolute Gasteiger partial charge is 0.251 e. The van der Waals surface area contributed by atoms with Gasteiger partial charge >= 0.3 is 0 Å². The minimum absolute atomic E-state index is 0.00355. The molecule has 0 unspecified atom stereocenters. The molecule has 0 saturated carbocycles. The Morgan fingerprint density at radius 1 is 1.11 bits per heavy atom. The van der Waals surface area contributed by atoms with Gasteiger partial charge in [0.2, 0.25) is 10.0 Å². The average Bonchev–Trinajstić information content (AvgIpc) is 2.60. The summed E-state index contributed by atoms with van der Waals surface area (Å²) in [5.74, 6) is -0.187. The van der Waals surface area contributed by atoms with Crippen molar-refractivity contribution >= 4 is 44.8 Å². The first-order valence-corrected chi connectivity index (χ1v) is 11.6. The van der Waals surface area contributed by atoms with Crippen LogP contribution < -0.4 is 9.62 Å². The number of nitrogens with one attached hydrogen (secondary N) is 1. The van der Waals surface area contributed by atoms with Crippen molar-refractivity contribution in [2.24, 2.45) is 0 Å². The van der Waals surface area contributed by atoms with Crippen molar-refractivity contribution in [3.8, 4) is 0 Å². The van der Waals surface area contributed by atoms with E-state index < -0.39 is 10.0 Å². The first kappa shape index (κ1) is 22.5. The molecule has 0 fully saturated rings. The van der Waals surface area contributed by atoms with Gasteiger partial charge in [-0.15, -0.1) is 0 Å². The summed E-state index contributed by atoms with van der Waals surface area (Å²) >= 11 is 12.4. The van der Waals surface area contributed by atoms with E-state index in [-0.39, 0.29) is 18.5 Å². The maximum Gasteiger partial charge on any atom is 0.251 e. The van der Waals surface area contributed by atoms with Gasteiger partial charge in [0.15, 0.2) is 0 Å². The largest absolute Gasteiger partial charge is 0.350 e. The van der Waals surface area contributed by atoms with Crippen molar-refractivity contribution in [1.82, 2.24) is 5.32 Å². The number of hydrogen-bond donors (Lipinski definition) is 1. The molecule has 0 saturated heterocycles. The number of nitrogens with zero attached hydrogens (tertiary/aromatic N) is 1. The molecule has 0 heterocycles. The molecule has 0 aliphatic heterocycles. The molecule has 1 atom stereocenters. The molecule has 1 N–H and O–H groups in total. The van der Waals surface area contributed by atoms with Crippen LogP contribution in [0.25, 0.3) is 0 Å². The second-order valence-electron chi connectivity index (χ2n) is 6.68. The van der Waals surface area contributed by atoms with Crippen molar-refractivity contribution in [2.45, 2.75) is 39.3 Å². The van der Waals surface area contributed by atoms with Gasteiger partial charge in [-0.05, 0) is 49.7 Å². The van der Waals surface area contributed by atoms with Crippen LogP contribution in [0.15, 0.2) is 42.5 Å². The Balaban J connectivity index is 2.27. The molecule has 0 bridgehead atoms. The molecule has 0 aliphatic carbocycles. The lowest BCUT2D eigenvalue weighted by Gasteiger charge is -2.24. The normalized spacial score (nSPS) is 12.5. The van der Waals surface area contributed by atoms with E-state index in [1.54, 1.807) is 42.5 Å². The summed E-state index contributed by atoms with van der Waals surface area (Å²) in [6.45, 7) is 4.01. The van der Waals surface area contributed by atoms with Crippen molar-refractivity contribution < 1.29 is 13.2 Å². The van der Waals surface area contributed by atoms with Crippen LogP contribution in [-0.2, 0) is 16.6 Å². The summed E-state index contributed by atoms with van der Waals surface area (Å²) in [4.78, 5) is 12.3. The molecule has 0 aromatic heterocycles. The van der Waals surface area contributed by atoms with E-state index in [4.69, 9.17) is 23.2 Å². The van der Waals surface area contributed by atoms with Gasteiger partial charge in [-0.3, -0.25) is 9.10 Å². The number of sulfonamides is 1. The lowest BCUT2D eigenvalue weighted by molar-refractivity contribution is 0.0938. The highest BCUT2D eigenvalue weighted by atomic mass is 35.5. The van der Waals surface area contributed by atoms with Gasteiger partial charge in [-0.25, -0.2) is 8.42 Å². The molecule has 2 rings (SSSR count). The van der Waals surface area contributed by atoms with Crippen molar-refractivity contribution in [3.05, 3.63) is 63.6 Å². The molecule has 2 aromatic rings. The molecule has 28 heavy (non-hydrogen) atoms. The minimum atomic E-state index is -3.59. The van der Waals surface area contributed by atoms with Gasteiger partial charge in [0.25, 0.3) is 5.91 Å². The standard InChI is InChI=1S/C20H24Cl2N2O3S/c1-4-6-14(2)23-20(25)15-9-11-16(12-10-15)24(28(3,26)27)13-17-18(21)7-5-8-19(17)22/h5,7-12,14H,4,6,13H2,1-3H3,(H,23,25)/t14-/m0/s1. The summed E-state index contributed by atoms with van der Waals surface area (Å²) < 4.78 is 25.9. The van der Waals surface area contributed by atoms with Crippen LogP contribution in [0.4, 0.5) is 5.69 Å². The number of carbonyl (C=O) groups excluding carboxylic acids is 1. The van der Waals surface area contributed by atoms with Crippen molar-refractivity contribution in [1.29, 1.82) is 0 Å². The number of amides is 1. The zero-order valence-electron chi connectivity index (χ0n) is 16.1. The number of benzene rings is 2. The van der Waals surface area contributed by atoms with Gasteiger partial charge in [-0.2, -0.15) is 0 Å². The summed E-state index contributed by atoms with van der Waals surface area (Å²) in [7, 11) is -3.59. The van der Waals surface area contributed by atoms with E-state index in [0.717, 1.165) is 19.1 Å². The fourth-order valence-electron chi connectivity index (χ4n) is 2.82. The molecule has 0 spiro atoms. The summed E-state index contributed by atoms with van der Waals surface area (Å²) in [5.41, 5.74) is 1.42. The highest BCUT2D eigenvalue weighted by molar-refractivity contribution is 7.92. The van der Waals surface area contributed by atoms with E-state index in [2.05, 4.69) is 12.2 Å². The first-order chi connectivity index (χ1) is 13.1. The summed E-state index contributed by atoms with van der Waals surface area (Å²) in [6.07, 6.45) is 2.99. The van der Waals surface area contributed by atoms with E-state index in [9.17, 15) is 13.2 Å². The number of anilines is 1. The molecule has 1 amide bonds. The number of hydrogen-bond acceptors (Lipinski definition) is 3. The van der Waals surface area contributed by atoms with Crippen molar-refractivity contribution in [3.63, 3.8) is 0 Å². The molecule has 0 aliphatic rings. The maximum absolute atomic E-state index is 12.4. The van der Waals surface area contributed by atoms with Crippen LogP contribution in [0.1, 0.15) is 42.6 Å². The average molecular weight is 443 g/mol. The number of halogens is 2. The van der Waals surface area contributed by atoms with Crippen LogP contribution in [0.5, 0.6) is 0 Å². The van der Waals surface area contributed by atoms with Gasteiger partial charge in [0.1, 0.15) is 0 Å². The monoisotopic (exact) mass is 442 g/mol. The zero-order valence-corrected chi connectivity index (χ0v) is 18.4. The van der Waals surface area contributed by atoms with E-state index >= 15 is 0 Å². The van der Waals surface area contributed by atoms with E-state index in [1.807, 2.05) is 6.92 Å². The van der Waals surface area contributed by atoms with Crippen LogP contribution in [0.3, 0.4) is 0 Å². The fourth-order valence-corrected chi connectivity index (χ4v) is 4.20. The SMILES string of the molecule is CCC[C@H](C)NC(=O)c1ccc(N(Cc2c(Cl)cccc2Cl)S(C)(=O)=O)cc1. The predicted molar refractivity (Wildman–Crippen MR) is 116 cm³/mol. The zero-order chi connectivity index (χ0) is 20.9. The Morgan fingerprint density at radius 3 is 2.18 bits per heavy atom. The molecule has 152 valence electrons. The molecule has 2 aromatic carbocycles. The highest BCUT2D eigenvalue weighted by Crippen LogP contribution is 2.29. The summed E-state index contributed by atoms with van der Waals surface area (Å²) in [5, 5.41) is 3.71. The number of rotatable bonds is 8. The molecule has 0 radical (unpaired) electrons. The second-order valence-corrected chi connectivity index (χ2v) is 9.40. The van der Waals surface area contributed by atoms with Crippen LogP contribution in [0, 0.1) is 0 Å². The predicted octanol–water partition coefficient (Wildman–Crippen LogP) is 4.88. The molecule has 8 heteroatoms. The van der Waals surface area contributed by atoms with Gasteiger partial charge < -0.3 is 5.32 Å². The maximum atomic E-state index is 12.4. The lowest BCUT2D eigenvalue weighted by atomic mass is 10.1. The highest BCUT2D eigenvalue weighted by Gasteiger charge is 2.21. The quantitative estimate of drug-likeness (QED) is 0.633.